The van der Waals surface area contributed by atoms with Crippen molar-refractivity contribution in [3.8, 4) is 5.75 Å². The Balaban J connectivity index is 2.73. The highest BCUT2D eigenvalue weighted by Crippen LogP contribution is 2.43. The lowest BCUT2D eigenvalue weighted by molar-refractivity contribution is -0.157. The Morgan fingerprint density at radius 2 is 1.68 bits per heavy atom. The number of carbonyl (C=O) groups excluding carboxylic acids is 3. The molecule has 0 aliphatic rings. The highest BCUT2D eigenvalue weighted by Gasteiger charge is 2.37. The Labute approximate surface area is 210 Å². The molecule has 0 aliphatic heterocycles. The first-order valence-corrected chi connectivity index (χ1v) is 12.4. The Hall–Kier alpha value is -2.35. The van der Waals surface area contributed by atoms with Gasteiger partial charge >= 0.3 is 5.97 Å². The molecule has 0 spiro atoms. The van der Waals surface area contributed by atoms with Crippen LogP contribution in [0.2, 0.25) is 0 Å². The van der Waals surface area contributed by atoms with Gasteiger partial charge < -0.3 is 19.8 Å². The molecule has 34 heavy (non-hydrogen) atoms. The molecule has 7 nitrogen and oxygen atoms in total. The first-order valence-electron chi connectivity index (χ1n) is 11.6. The summed E-state index contributed by atoms with van der Waals surface area (Å²) in [6.45, 7) is 15.3. The van der Waals surface area contributed by atoms with Crippen molar-refractivity contribution in [2.24, 2.45) is 5.73 Å². The molecule has 0 aliphatic carbocycles. The molecule has 0 saturated carbocycles. The van der Waals surface area contributed by atoms with E-state index in [1.54, 1.807) is 26.8 Å². The van der Waals surface area contributed by atoms with Crippen LogP contribution in [0.15, 0.2) is 18.2 Å². The average molecular weight is 537 g/mol. The van der Waals surface area contributed by atoms with E-state index >= 15 is 0 Å². The highest BCUT2D eigenvalue weighted by molar-refractivity contribution is 9.10. The highest BCUT2D eigenvalue weighted by atomic mass is 79.9. The second kappa shape index (κ2) is 10.1. The van der Waals surface area contributed by atoms with Gasteiger partial charge in [-0.3, -0.25) is 9.59 Å². The lowest BCUT2D eigenvalue weighted by Gasteiger charge is -2.38. The van der Waals surface area contributed by atoms with Gasteiger partial charge in [0.2, 0.25) is 0 Å². The third-order valence-electron chi connectivity index (χ3n) is 6.20. The van der Waals surface area contributed by atoms with Crippen molar-refractivity contribution < 1.29 is 23.9 Å². The van der Waals surface area contributed by atoms with Crippen molar-refractivity contribution in [3.05, 3.63) is 29.5 Å². The Morgan fingerprint density at radius 1 is 1.06 bits per heavy atom. The number of hydrogen-bond acceptors (Lipinski definition) is 5. The third kappa shape index (κ3) is 6.01. The minimum Gasteiger partial charge on any atom is -0.481 e. The van der Waals surface area contributed by atoms with Gasteiger partial charge in [-0.1, -0.05) is 35.8 Å². The minimum absolute atomic E-state index is 0.126. The number of hydrogen-bond donors (Lipinski definition) is 1. The molecule has 188 valence electrons. The fourth-order valence-corrected chi connectivity index (χ4v) is 5.04. The van der Waals surface area contributed by atoms with E-state index in [9.17, 15) is 14.4 Å². The van der Waals surface area contributed by atoms with Crippen LogP contribution in [0.3, 0.4) is 0 Å². The van der Waals surface area contributed by atoms with Crippen molar-refractivity contribution in [2.45, 2.75) is 90.1 Å². The summed E-state index contributed by atoms with van der Waals surface area (Å²) in [5.74, 6) is -2.03. The molecule has 0 saturated heterocycles. The molecule has 0 bridgehead atoms. The van der Waals surface area contributed by atoms with Crippen LogP contribution in [0.4, 0.5) is 0 Å². The van der Waals surface area contributed by atoms with E-state index in [1.807, 2.05) is 19.1 Å². The number of primary amides is 1. The first kappa shape index (κ1) is 27.9. The van der Waals surface area contributed by atoms with Crippen LogP contribution in [0.25, 0.3) is 10.9 Å². The van der Waals surface area contributed by atoms with Gasteiger partial charge in [-0.15, -0.1) is 0 Å². The predicted molar refractivity (Wildman–Crippen MR) is 138 cm³/mol. The molecular weight excluding hydrogens is 500 g/mol. The van der Waals surface area contributed by atoms with E-state index in [2.05, 4.69) is 48.2 Å². The topological polar surface area (TPSA) is 101 Å². The molecule has 2 rings (SSSR count). The maximum atomic E-state index is 13.0. The molecule has 1 aromatic heterocycles. The number of esters is 1. The Morgan fingerprint density at radius 3 is 2.18 bits per heavy atom. The van der Waals surface area contributed by atoms with Crippen LogP contribution in [0, 0.1) is 6.92 Å². The summed E-state index contributed by atoms with van der Waals surface area (Å²) < 4.78 is 13.2. The van der Waals surface area contributed by atoms with Gasteiger partial charge in [0.05, 0.1) is 16.5 Å². The number of aromatic nitrogens is 1. The zero-order chi connectivity index (χ0) is 26.1. The zero-order valence-electron chi connectivity index (χ0n) is 21.5. The van der Waals surface area contributed by atoms with Crippen molar-refractivity contribution in [2.75, 3.05) is 6.61 Å². The minimum atomic E-state index is -1.04. The van der Waals surface area contributed by atoms with E-state index in [0.29, 0.717) is 16.8 Å². The molecule has 2 atom stereocenters. The number of ether oxygens (including phenoxy) is 2. The molecule has 1 amide bonds. The fraction of sp³-hybridized carbons (Fsp3) is 0.577. The molecule has 2 unspecified atom stereocenters. The average Bonchev–Trinajstić information content (AvgIpc) is 3.02. The van der Waals surface area contributed by atoms with E-state index in [4.69, 9.17) is 15.2 Å². The van der Waals surface area contributed by atoms with Gasteiger partial charge in [-0.25, -0.2) is 4.79 Å². The van der Waals surface area contributed by atoms with Crippen LogP contribution in [0.1, 0.15) is 83.8 Å². The van der Waals surface area contributed by atoms with Gasteiger partial charge in [-0.2, -0.15) is 0 Å². The Bertz CT molecular complexity index is 1100. The van der Waals surface area contributed by atoms with Crippen molar-refractivity contribution >= 4 is 44.5 Å². The molecule has 8 heteroatoms. The van der Waals surface area contributed by atoms with Crippen molar-refractivity contribution in [3.63, 3.8) is 0 Å². The number of benzene rings is 1. The number of carbonyl (C=O) groups is 3. The van der Waals surface area contributed by atoms with Crippen LogP contribution in [-0.4, -0.2) is 38.8 Å². The SMILES string of the molecule is CCC(C)(Br)CC(C)(CC)n1c(C)c(C(=O)C(N)=O)c2c(OCC(=O)OC(C)(C)C)cccc21. The van der Waals surface area contributed by atoms with Gasteiger partial charge in [0.15, 0.2) is 6.61 Å². The van der Waals surface area contributed by atoms with E-state index in [1.165, 1.54) is 0 Å². The maximum Gasteiger partial charge on any atom is 0.344 e. The first-order chi connectivity index (χ1) is 15.6. The molecule has 1 aromatic carbocycles. The predicted octanol–water partition coefficient (Wildman–Crippen LogP) is 5.42. The number of nitrogens with two attached hydrogens (primary N) is 1. The molecule has 0 fully saturated rings. The van der Waals surface area contributed by atoms with E-state index in [0.717, 1.165) is 24.8 Å². The Kier molecular flexibility index (Phi) is 8.29. The van der Waals surface area contributed by atoms with E-state index in [-0.39, 0.29) is 22.0 Å². The summed E-state index contributed by atoms with van der Waals surface area (Å²) in [6.07, 6.45) is 2.48. The third-order valence-corrected chi connectivity index (χ3v) is 7.04. The second-order valence-electron chi connectivity index (χ2n) is 10.3. The van der Waals surface area contributed by atoms with Crippen LogP contribution in [0.5, 0.6) is 5.75 Å². The monoisotopic (exact) mass is 536 g/mol. The number of halogens is 1. The summed E-state index contributed by atoms with van der Waals surface area (Å²) in [4.78, 5) is 37.2. The second-order valence-corrected chi connectivity index (χ2v) is 12.2. The lowest BCUT2D eigenvalue weighted by Crippen LogP contribution is -2.37. The number of ketones is 1. The van der Waals surface area contributed by atoms with Crippen LogP contribution < -0.4 is 10.5 Å². The summed E-state index contributed by atoms with van der Waals surface area (Å²) in [6, 6.07) is 5.38. The van der Waals surface area contributed by atoms with Gasteiger partial charge in [0.1, 0.15) is 11.4 Å². The van der Waals surface area contributed by atoms with Gasteiger partial charge in [-0.05, 0) is 72.9 Å². The smallest absolute Gasteiger partial charge is 0.344 e. The molecule has 2 N–H and O–H groups in total. The molecule has 2 aromatic rings. The van der Waals surface area contributed by atoms with E-state index < -0.39 is 23.3 Å². The normalized spacial score (nSPS) is 15.4. The molecule has 1 heterocycles. The quantitative estimate of drug-likeness (QED) is 0.189. The van der Waals surface area contributed by atoms with Crippen LogP contribution >= 0.6 is 15.9 Å². The van der Waals surface area contributed by atoms with Crippen LogP contribution in [-0.2, 0) is 19.9 Å². The maximum absolute atomic E-state index is 13.0. The van der Waals surface area contributed by atoms with Gasteiger partial charge in [0.25, 0.3) is 11.7 Å². The number of alkyl halides is 1. The summed E-state index contributed by atoms with van der Waals surface area (Å²) >= 11 is 3.85. The number of rotatable bonds is 10. The molecule has 0 radical (unpaired) electrons. The fourth-order valence-electron chi connectivity index (χ4n) is 4.44. The summed E-state index contributed by atoms with van der Waals surface area (Å²) in [5, 5.41) is 0.472. The standard InChI is InChI=1S/C26H37BrN2O5/c1-9-25(7,27)15-26(8,10-2)29-16(3)20(22(31)23(28)32)21-17(29)12-11-13-18(21)33-14-19(30)34-24(4,5)6/h11-13H,9-10,14-15H2,1-8H3,(H2,28,32). The largest absolute Gasteiger partial charge is 0.481 e. The number of amides is 1. The number of Topliss-reactive ketones (excluding diaryl/α,β-unsaturated/α-hetero) is 1. The number of nitrogens with zero attached hydrogens (tertiary/aromatic N) is 1. The summed E-state index contributed by atoms with van der Waals surface area (Å²) in [7, 11) is 0. The zero-order valence-corrected chi connectivity index (χ0v) is 23.1. The van der Waals surface area contributed by atoms with Gasteiger partial charge in [0, 0.05) is 15.6 Å². The van der Waals surface area contributed by atoms with Crippen molar-refractivity contribution in [1.29, 1.82) is 0 Å². The summed E-state index contributed by atoms with van der Waals surface area (Å²) in [5.41, 5.74) is 5.98. The molecular formula is C26H37BrN2O5. The van der Waals surface area contributed by atoms with Crippen molar-refractivity contribution in [1.82, 2.24) is 4.57 Å². The lowest BCUT2D eigenvalue weighted by atomic mass is 9.85. The number of fused-ring (bicyclic) bond motifs is 1.